The summed E-state index contributed by atoms with van der Waals surface area (Å²) in [6, 6.07) is 0.184. The lowest BCUT2D eigenvalue weighted by molar-refractivity contribution is 0.0252. The summed E-state index contributed by atoms with van der Waals surface area (Å²) < 4.78 is 29.3. The lowest BCUT2D eigenvalue weighted by Gasteiger charge is -2.43. The first kappa shape index (κ1) is 15.4. The van der Waals surface area contributed by atoms with Crippen LogP contribution in [0, 0.1) is 0 Å². The van der Waals surface area contributed by atoms with Crippen LogP contribution in [0.4, 0.5) is 0 Å². The average molecular weight is 331 g/mol. The van der Waals surface area contributed by atoms with Crippen LogP contribution in [0.5, 0.6) is 0 Å². The van der Waals surface area contributed by atoms with Crippen molar-refractivity contribution in [3.8, 4) is 0 Å². The van der Waals surface area contributed by atoms with Crippen molar-refractivity contribution in [3.05, 3.63) is 16.6 Å². The minimum Gasteiger partial charge on any atom is -0.383 e. The van der Waals surface area contributed by atoms with Gasteiger partial charge in [-0.2, -0.15) is 0 Å². The van der Waals surface area contributed by atoms with Gasteiger partial charge in [0, 0.05) is 50.4 Å². The number of hydrogen-bond acceptors (Lipinski definition) is 7. The summed E-state index contributed by atoms with van der Waals surface area (Å²) in [5.41, 5.74) is 0. The minimum absolute atomic E-state index is 0.0875. The van der Waals surface area contributed by atoms with Crippen LogP contribution in [0.25, 0.3) is 0 Å². The monoisotopic (exact) mass is 331 g/mol. The Morgan fingerprint density at radius 2 is 2.05 bits per heavy atom. The molecule has 118 valence electrons. The number of rotatable bonds is 5. The SMILES string of the molecule is COCCN1CCN(Cc2nccs2)[C@H]2CS(=O)(=O)C[C@H]21. The molecule has 1 aromatic heterocycles. The molecule has 8 heteroatoms. The van der Waals surface area contributed by atoms with Crippen LogP contribution in [0.15, 0.2) is 11.6 Å². The fourth-order valence-electron chi connectivity index (χ4n) is 3.28. The molecule has 0 aliphatic carbocycles. The molecule has 0 aromatic carbocycles. The van der Waals surface area contributed by atoms with E-state index >= 15 is 0 Å². The van der Waals surface area contributed by atoms with Gasteiger partial charge < -0.3 is 4.74 Å². The van der Waals surface area contributed by atoms with Crippen molar-refractivity contribution in [2.45, 2.75) is 18.6 Å². The first-order valence-electron chi connectivity index (χ1n) is 7.15. The van der Waals surface area contributed by atoms with Crippen LogP contribution in [0.3, 0.4) is 0 Å². The van der Waals surface area contributed by atoms with Crippen LogP contribution in [-0.2, 0) is 21.1 Å². The maximum atomic E-state index is 12.1. The molecule has 6 nitrogen and oxygen atoms in total. The Kier molecular flexibility index (Phi) is 4.60. The number of sulfone groups is 1. The second-order valence-electron chi connectivity index (χ2n) is 5.64. The smallest absolute Gasteiger partial charge is 0.153 e. The molecule has 1 aromatic rings. The lowest BCUT2D eigenvalue weighted by Crippen LogP contribution is -2.59. The van der Waals surface area contributed by atoms with Crippen LogP contribution in [0.1, 0.15) is 5.01 Å². The van der Waals surface area contributed by atoms with Gasteiger partial charge in [-0.3, -0.25) is 9.80 Å². The van der Waals surface area contributed by atoms with E-state index in [2.05, 4.69) is 14.8 Å². The van der Waals surface area contributed by atoms with E-state index in [-0.39, 0.29) is 23.6 Å². The molecule has 2 saturated heterocycles. The zero-order chi connectivity index (χ0) is 14.9. The largest absolute Gasteiger partial charge is 0.383 e. The summed E-state index contributed by atoms with van der Waals surface area (Å²) in [5.74, 6) is 0.544. The van der Waals surface area contributed by atoms with Gasteiger partial charge in [-0.1, -0.05) is 0 Å². The van der Waals surface area contributed by atoms with E-state index in [9.17, 15) is 8.42 Å². The molecule has 2 aliphatic heterocycles. The maximum absolute atomic E-state index is 12.1. The fraction of sp³-hybridized carbons (Fsp3) is 0.769. The highest BCUT2D eigenvalue weighted by Gasteiger charge is 2.46. The van der Waals surface area contributed by atoms with Gasteiger partial charge in [0.2, 0.25) is 0 Å². The van der Waals surface area contributed by atoms with Crippen molar-refractivity contribution in [1.29, 1.82) is 0 Å². The summed E-state index contributed by atoms with van der Waals surface area (Å²) in [7, 11) is -1.26. The van der Waals surface area contributed by atoms with Gasteiger partial charge in [-0.25, -0.2) is 13.4 Å². The van der Waals surface area contributed by atoms with Crippen molar-refractivity contribution >= 4 is 21.2 Å². The summed E-state index contributed by atoms with van der Waals surface area (Å²) in [6.07, 6.45) is 1.80. The second-order valence-corrected chi connectivity index (χ2v) is 8.77. The summed E-state index contributed by atoms with van der Waals surface area (Å²) in [6.45, 7) is 3.99. The van der Waals surface area contributed by atoms with E-state index in [0.717, 1.165) is 31.2 Å². The lowest BCUT2D eigenvalue weighted by atomic mass is 10.0. The molecule has 0 amide bonds. The number of piperazine rings is 1. The third-order valence-corrected chi connectivity index (χ3v) is 6.77. The van der Waals surface area contributed by atoms with Crippen LogP contribution in [-0.4, -0.2) is 80.1 Å². The zero-order valence-corrected chi connectivity index (χ0v) is 13.8. The molecule has 0 bridgehead atoms. The number of ether oxygens (including phenoxy) is 1. The zero-order valence-electron chi connectivity index (χ0n) is 12.1. The fourth-order valence-corrected chi connectivity index (χ4v) is 5.97. The molecule has 0 saturated carbocycles. The third kappa shape index (κ3) is 3.45. The third-order valence-electron chi connectivity index (χ3n) is 4.31. The van der Waals surface area contributed by atoms with Gasteiger partial charge in [-0.05, 0) is 0 Å². The number of fused-ring (bicyclic) bond motifs is 1. The standard InChI is InChI=1S/C13H21N3O3S2/c1-19-6-5-15-3-4-16(8-13-14-2-7-20-13)12-10-21(17,18)9-11(12)15/h2,7,11-12H,3-6,8-10H2,1H3/t11-,12+/m1/s1. The first-order chi connectivity index (χ1) is 10.1. The highest BCUT2D eigenvalue weighted by Crippen LogP contribution is 2.28. The van der Waals surface area contributed by atoms with E-state index in [1.165, 1.54) is 0 Å². The molecular weight excluding hydrogens is 310 g/mol. The van der Waals surface area contributed by atoms with Crippen molar-refractivity contribution < 1.29 is 13.2 Å². The number of aromatic nitrogens is 1. The summed E-state index contributed by atoms with van der Waals surface area (Å²) in [4.78, 5) is 8.89. The van der Waals surface area contributed by atoms with Crippen LogP contribution in [0.2, 0.25) is 0 Å². The number of nitrogens with zero attached hydrogens (tertiary/aromatic N) is 3. The van der Waals surface area contributed by atoms with E-state index in [1.807, 2.05) is 5.38 Å². The summed E-state index contributed by atoms with van der Waals surface area (Å²) in [5, 5.41) is 3.02. The Labute approximate surface area is 129 Å². The first-order valence-corrected chi connectivity index (χ1v) is 9.85. The van der Waals surface area contributed by atoms with Gasteiger partial charge in [0.1, 0.15) is 5.01 Å². The Balaban J connectivity index is 1.74. The summed E-state index contributed by atoms with van der Waals surface area (Å²) >= 11 is 1.63. The Hall–Kier alpha value is -0.540. The molecule has 2 atom stereocenters. The molecule has 0 unspecified atom stereocenters. The average Bonchev–Trinajstić information content (AvgIpc) is 3.04. The van der Waals surface area contributed by atoms with Gasteiger partial charge in [0.25, 0.3) is 0 Å². The molecule has 0 N–H and O–H groups in total. The van der Waals surface area contributed by atoms with E-state index in [0.29, 0.717) is 6.61 Å². The van der Waals surface area contributed by atoms with Crippen LogP contribution >= 0.6 is 11.3 Å². The highest BCUT2D eigenvalue weighted by molar-refractivity contribution is 7.91. The maximum Gasteiger partial charge on any atom is 0.153 e. The predicted octanol–water partition coefficient (Wildman–Crippen LogP) is 0.0727. The van der Waals surface area contributed by atoms with Gasteiger partial charge in [0.05, 0.1) is 24.7 Å². The Bertz CT molecular complexity index is 561. The van der Waals surface area contributed by atoms with Gasteiger partial charge in [-0.15, -0.1) is 11.3 Å². The molecular formula is C13H21N3O3S2. The number of hydrogen-bond donors (Lipinski definition) is 0. The molecule has 2 aliphatic rings. The molecule has 0 spiro atoms. The van der Waals surface area contributed by atoms with Crippen molar-refractivity contribution in [3.63, 3.8) is 0 Å². The molecule has 0 radical (unpaired) electrons. The van der Waals surface area contributed by atoms with Crippen LogP contribution < -0.4 is 0 Å². The topological polar surface area (TPSA) is 62.7 Å². The quantitative estimate of drug-likeness (QED) is 0.761. The molecule has 2 fully saturated rings. The van der Waals surface area contributed by atoms with E-state index in [4.69, 9.17) is 4.74 Å². The normalized spacial score (nSPS) is 29.6. The Morgan fingerprint density at radius 1 is 1.33 bits per heavy atom. The predicted molar refractivity (Wildman–Crippen MR) is 82.2 cm³/mol. The Morgan fingerprint density at radius 3 is 2.71 bits per heavy atom. The minimum atomic E-state index is -2.94. The molecule has 21 heavy (non-hydrogen) atoms. The number of thiazole rings is 1. The van der Waals surface area contributed by atoms with E-state index in [1.54, 1.807) is 24.6 Å². The van der Waals surface area contributed by atoms with Crippen molar-refractivity contribution in [2.75, 3.05) is 44.9 Å². The molecule has 3 heterocycles. The van der Waals surface area contributed by atoms with Gasteiger partial charge >= 0.3 is 0 Å². The van der Waals surface area contributed by atoms with E-state index < -0.39 is 9.84 Å². The number of methoxy groups -OCH3 is 1. The molecule has 3 rings (SSSR count). The highest BCUT2D eigenvalue weighted by atomic mass is 32.2. The van der Waals surface area contributed by atoms with Crippen molar-refractivity contribution in [2.24, 2.45) is 0 Å². The van der Waals surface area contributed by atoms with Crippen molar-refractivity contribution in [1.82, 2.24) is 14.8 Å². The second kappa shape index (κ2) is 6.29. The van der Waals surface area contributed by atoms with Gasteiger partial charge in [0.15, 0.2) is 9.84 Å².